The smallest absolute Gasteiger partial charge is 0.251 e. The first-order valence-electron chi connectivity index (χ1n) is 9.20. The van der Waals surface area contributed by atoms with E-state index in [1.54, 1.807) is 12.1 Å². The number of sulfone groups is 1. The second kappa shape index (κ2) is 6.97. The fraction of sp³-hybridized carbons (Fsp3) is 0.130. The second-order valence-corrected chi connectivity index (χ2v) is 8.98. The maximum absolute atomic E-state index is 13.0. The Morgan fingerprint density at radius 3 is 2.31 bits per heavy atom. The molecule has 0 saturated carbocycles. The minimum absolute atomic E-state index is 0.0247. The van der Waals surface area contributed by atoms with Crippen molar-refractivity contribution in [3.05, 3.63) is 94.5 Å². The molecule has 1 aliphatic rings. The zero-order valence-corrected chi connectivity index (χ0v) is 16.8. The van der Waals surface area contributed by atoms with Crippen LogP contribution in [0.15, 0.2) is 76.5 Å². The van der Waals surface area contributed by atoms with Crippen molar-refractivity contribution >= 4 is 21.5 Å². The molecule has 4 rings (SSSR count). The molecule has 1 atom stereocenters. The zero-order valence-electron chi connectivity index (χ0n) is 16.0. The molecule has 3 aromatic rings. The fourth-order valence-electron chi connectivity index (χ4n) is 3.66. The van der Waals surface area contributed by atoms with E-state index in [0.29, 0.717) is 0 Å². The number of nitrogens with one attached hydrogen (secondary N) is 1. The number of aryl methyl sites for hydroxylation is 1. The average Bonchev–Trinajstić information content (AvgIpc) is 2.72. The van der Waals surface area contributed by atoms with Crippen molar-refractivity contribution in [3.63, 3.8) is 0 Å². The maximum Gasteiger partial charge on any atom is 0.251 e. The van der Waals surface area contributed by atoms with Gasteiger partial charge in [-0.25, -0.2) is 8.42 Å². The molecule has 1 aliphatic heterocycles. The SMILES string of the molecule is Cc1ccccc1C(C)NC(=O)c1ccc2c(c1)S(=O)(=O)c1ccccc1C2=O. The molecule has 0 aliphatic carbocycles. The van der Waals surface area contributed by atoms with Crippen LogP contribution in [0.2, 0.25) is 0 Å². The van der Waals surface area contributed by atoms with Crippen LogP contribution in [0.4, 0.5) is 0 Å². The summed E-state index contributed by atoms with van der Waals surface area (Å²) in [6.45, 7) is 3.83. The maximum atomic E-state index is 13.0. The van der Waals surface area contributed by atoms with Gasteiger partial charge in [-0.2, -0.15) is 0 Å². The van der Waals surface area contributed by atoms with Gasteiger partial charge >= 0.3 is 0 Å². The molecule has 0 spiro atoms. The number of amides is 1. The van der Waals surface area contributed by atoms with Gasteiger partial charge < -0.3 is 5.32 Å². The first-order chi connectivity index (χ1) is 13.8. The molecule has 1 amide bonds. The molecule has 29 heavy (non-hydrogen) atoms. The van der Waals surface area contributed by atoms with Gasteiger partial charge in [-0.1, -0.05) is 36.4 Å². The van der Waals surface area contributed by atoms with Gasteiger partial charge in [-0.3, -0.25) is 9.59 Å². The number of rotatable bonds is 3. The van der Waals surface area contributed by atoms with Gasteiger partial charge in [0.2, 0.25) is 9.84 Å². The van der Waals surface area contributed by atoms with Crippen LogP contribution < -0.4 is 5.32 Å². The van der Waals surface area contributed by atoms with E-state index in [4.69, 9.17) is 0 Å². The van der Waals surface area contributed by atoms with Gasteiger partial charge in [0.25, 0.3) is 5.91 Å². The number of carbonyl (C=O) groups is 2. The monoisotopic (exact) mass is 405 g/mol. The van der Waals surface area contributed by atoms with Crippen molar-refractivity contribution in [1.29, 1.82) is 0 Å². The van der Waals surface area contributed by atoms with E-state index in [2.05, 4.69) is 5.32 Å². The number of hydrogen-bond donors (Lipinski definition) is 1. The van der Waals surface area contributed by atoms with Crippen LogP contribution in [0, 0.1) is 6.92 Å². The second-order valence-electron chi connectivity index (χ2n) is 7.09. The van der Waals surface area contributed by atoms with Crippen molar-refractivity contribution in [1.82, 2.24) is 5.32 Å². The summed E-state index contributed by atoms with van der Waals surface area (Å²) in [5, 5.41) is 2.90. The molecule has 1 heterocycles. The number of carbonyl (C=O) groups excluding carboxylic acids is 2. The molecule has 5 nitrogen and oxygen atoms in total. The number of fused-ring (bicyclic) bond motifs is 2. The van der Waals surface area contributed by atoms with Gasteiger partial charge in [-0.15, -0.1) is 0 Å². The fourth-order valence-corrected chi connectivity index (χ4v) is 5.33. The van der Waals surface area contributed by atoms with Crippen LogP contribution in [-0.2, 0) is 9.84 Å². The Kier molecular flexibility index (Phi) is 4.59. The van der Waals surface area contributed by atoms with Crippen molar-refractivity contribution in [2.45, 2.75) is 29.7 Å². The molecule has 0 saturated heterocycles. The molecule has 1 unspecified atom stereocenters. The molecular weight excluding hydrogens is 386 g/mol. The largest absolute Gasteiger partial charge is 0.346 e. The lowest BCUT2D eigenvalue weighted by atomic mass is 10.00. The van der Waals surface area contributed by atoms with E-state index < -0.39 is 15.7 Å². The van der Waals surface area contributed by atoms with Crippen LogP contribution in [-0.4, -0.2) is 20.1 Å². The Labute approximate surface area is 169 Å². The highest BCUT2D eigenvalue weighted by molar-refractivity contribution is 7.91. The molecule has 0 aromatic heterocycles. The highest BCUT2D eigenvalue weighted by atomic mass is 32.2. The summed E-state index contributed by atoms with van der Waals surface area (Å²) in [7, 11) is -3.88. The summed E-state index contributed by atoms with van der Waals surface area (Å²) in [5.41, 5.74) is 2.48. The lowest BCUT2D eigenvalue weighted by molar-refractivity contribution is 0.0938. The minimum Gasteiger partial charge on any atom is -0.346 e. The molecule has 0 bridgehead atoms. The normalized spacial score (nSPS) is 15.2. The number of ketones is 1. The third-order valence-electron chi connectivity index (χ3n) is 5.20. The minimum atomic E-state index is -3.88. The van der Waals surface area contributed by atoms with Gasteiger partial charge in [0.05, 0.1) is 15.8 Å². The van der Waals surface area contributed by atoms with Crippen molar-refractivity contribution in [2.75, 3.05) is 0 Å². The predicted molar refractivity (Wildman–Crippen MR) is 109 cm³/mol. The van der Waals surface area contributed by atoms with Crippen molar-refractivity contribution in [2.24, 2.45) is 0 Å². The third-order valence-corrected chi connectivity index (χ3v) is 7.05. The zero-order chi connectivity index (χ0) is 20.8. The van der Waals surface area contributed by atoms with Crippen LogP contribution >= 0.6 is 0 Å². The highest BCUT2D eigenvalue weighted by Crippen LogP contribution is 2.34. The summed E-state index contributed by atoms with van der Waals surface area (Å²) in [4.78, 5) is 25.3. The van der Waals surface area contributed by atoms with E-state index in [-0.39, 0.29) is 38.3 Å². The van der Waals surface area contributed by atoms with Crippen molar-refractivity contribution in [3.8, 4) is 0 Å². The quantitative estimate of drug-likeness (QED) is 0.561. The number of benzene rings is 3. The Morgan fingerprint density at radius 1 is 0.897 bits per heavy atom. The Morgan fingerprint density at radius 2 is 1.55 bits per heavy atom. The summed E-state index contributed by atoms with van der Waals surface area (Å²) < 4.78 is 26.0. The van der Waals surface area contributed by atoms with E-state index in [9.17, 15) is 18.0 Å². The molecule has 146 valence electrons. The first-order valence-corrected chi connectivity index (χ1v) is 10.7. The van der Waals surface area contributed by atoms with Crippen LogP contribution in [0.25, 0.3) is 0 Å². The molecule has 3 aromatic carbocycles. The van der Waals surface area contributed by atoms with Gasteiger partial charge in [0.1, 0.15) is 0 Å². The predicted octanol–water partition coefficient (Wildman–Crippen LogP) is 3.86. The van der Waals surface area contributed by atoms with Gasteiger partial charge in [0.15, 0.2) is 5.78 Å². The standard InChI is InChI=1S/C23H19NO4S/c1-14-7-3-4-8-17(14)15(2)24-23(26)16-11-12-19-21(13-16)29(27,28)20-10-6-5-9-18(20)22(19)25/h3-13,15H,1-2H3,(H,24,26). The van der Waals surface area contributed by atoms with Crippen LogP contribution in [0.3, 0.4) is 0 Å². The number of hydrogen-bond acceptors (Lipinski definition) is 4. The molecular formula is C23H19NO4S. The molecule has 0 fully saturated rings. The first kappa shape index (κ1) is 19.1. The summed E-state index contributed by atoms with van der Waals surface area (Å²) in [5.74, 6) is -0.754. The van der Waals surface area contributed by atoms with Crippen LogP contribution in [0.1, 0.15) is 50.4 Å². The lowest BCUT2D eigenvalue weighted by Gasteiger charge is -2.20. The highest BCUT2D eigenvalue weighted by Gasteiger charge is 2.35. The lowest BCUT2D eigenvalue weighted by Crippen LogP contribution is -2.28. The molecule has 0 radical (unpaired) electrons. The van der Waals surface area contributed by atoms with E-state index >= 15 is 0 Å². The van der Waals surface area contributed by atoms with E-state index in [1.165, 1.54) is 30.3 Å². The molecule has 6 heteroatoms. The summed E-state index contributed by atoms with van der Waals surface area (Å²) >= 11 is 0. The topological polar surface area (TPSA) is 80.3 Å². The van der Waals surface area contributed by atoms with Gasteiger partial charge in [-0.05, 0) is 55.3 Å². The van der Waals surface area contributed by atoms with Crippen molar-refractivity contribution < 1.29 is 18.0 Å². The van der Waals surface area contributed by atoms with Gasteiger partial charge in [0, 0.05) is 16.7 Å². The summed E-state index contributed by atoms with van der Waals surface area (Å²) in [6, 6.07) is 17.8. The molecule has 1 N–H and O–H groups in total. The van der Waals surface area contributed by atoms with E-state index in [1.807, 2.05) is 38.1 Å². The summed E-state index contributed by atoms with van der Waals surface area (Å²) in [6.07, 6.45) is 0. The van der Waals surface area contributed by atoms with Crippen LogP contribution in [0.5, 0.6) is 0 Å². The average molecular weight is 405 g/mol. The Balaban J connectivity index is 1.70. The third kappa shape index (κ3) is 3.15. The Hall–Kier alpha value is -3.25. The Bertz CT molecular complexity index is 1260. The van der Waals surface area contributed by atoms with E-state index in [0.717, 1.165) is 11.1 Å².